The molecule has 168 valence electrons. The molecule has 0 unspecified atom stereocenters. The van der Waals surface area contributed by atoms with Crippen LogP contribution in [0.5, 0.6) is 0 Å². The van der Waals surface area contributed by atoms with Gasteiger partial charge in [-0.25, -0.2) is 9.67 Å². The predicted octanol–water partition coefficient (Wildman–Crippen LogP) is 0.678. The maximum Gasteiger partial charge on any atom is 0.269 e. The minimum Gasteiger partial charge on any atom is -0.350 e. The fraction of sp³-hybridized carbons (Fsp3) is 0.190. The van der Waals surface area contributed by atoms with Crippen molar-refractivity contribution in [1.82, 2.24) is 29.2 Å². The van der Waals surface area contributed by atoms with Crippen LogP contribution >= 0.6 is 0 Å². The molecule has 0 saturated carbocycles. The molecular weight excluding hydrogens is 430 g/mol. The Kier molecular flexibility index (Phi) is 5.81. The average Bonchev–Trinajstić information content (AvgIpc) is 3.21. The molecule has 0 fully saturated rings. The van der Waals surface area contributed by atoms with E-state index in [9.17, 15) is 24.5 Å². The zero-order chi connectivity index (χ0) is 23.5. The summed E-state index contributed by atoms with van der Waals surface area (Å²) in [4.78, 5) is 51.7. The number of pyridine rings is 1. The Morgan fingerprint density at radius 2 is 1.91 bits per heavy atom. The standard InChI is InChI=1S/C21H19N7O5/c1-25-9-2-3-16(20(25)30)19(29)22-8-10-27-18-17(11-24-27)21(31)26(13-23-18)12-14-4-6-15(7-5-14)28(32)33/h2-7,9,11,13H,8,10,12H2,1H3,(H,22,29). The van der Waals surface area contributed by atoms with E-state index in [0.29, 0.717) is 16.6 Å². The number of nitrogens with one attached hydrogen (secondary N) is 1. The van der Waals surface area contributed by atoms with Gasteiger partial charge >= 0.3 is 0 Å². The van der Waals surface area contributed by atoms with Crippen LogP contribution in [0.1, 0.15) is 15.9 Å². The molecule has 12 nitrogen and oxygen atoms in total. The van der Waals surface area contributed by atoms with Crippen LogP contribution in [-0.2, 0) is 20.1 Å². The molecule has 0 saturated heterocycles. The van der Waals surface area contributed by atoms with Gasteiger partial charge in [-0.3, -0.25) is 29.1 Å². The van der Waals surface area contributed by atoms with Gasteiger partial charge in [-0.2, -0.15) is 5.10 Å². The average molecular weight is 449 g/mol. The van der Waals surface area contributed by atoms with Crippen molar-refractivity contribution in [3.8, 4) is 0 Å². The third-order valence-electron chi connectivity index (χ3n) is 5.10. The third-order valence-corrected chi connectivity index (χ3v) is 5.10. The number of nitro benzene ring substituents is 1. The molecule has 1 amide bonds. The molecule has 33 heavy (non-hydrogen) atoms. The summed E-state index contributed by atoms with van der Waals surface area (Å²) in [5, 5.41) is 17.9. The van der Waals surface area contributed by atoms with Crippen LogP contribution in [0.4, 0.5) is 5.69 Å². The van der Waals surface area contributed by atoms with Crippen LogP contribution in [0.2, 0.25) is 0 Å². The summed E-state index contributed by atoms with van der Waals surface area (Å²) in [6, 6.07) is 8.99. The molecule has 0 aliphatic heterocycles. The molecule has 4 rings (SSSR count). The fourth-order valence-electron chi connectivity index (χ4n) is 3.33. The van der Waals surface area contributed by atoms with Crippen molar-refractivity contribution >= 4 is 22.6 Å². The summed E-state index contributed by atoms with van der Waals surface area (Å²) in [6.45, 7) is 0.634. The molecule has 0 bridgehead atoms. The first-order chi connectivity index (χ1) is 15.8. The first-order valence-corrected chi connectivity index (χ1v) is 9.93. The molecular formula is C21H19N7O5. The van der Waals surface area contributed by atoms with Gasteiger partial charge in [0.05, 0.1) is 24.2 Å². The fourth-order valence-corrected chi connectivity index (χ4v) is 3.33. The molecule has 0 aliphatic carbocycles. The van der Waals surface area contributed by atoms with Gasteiger partial charge in [-0.15, -0.1) is 0 Å². The second-order valence-corrected chi connectivity index (χ2v) is 7.30. The van der Waals surface area contributed by atoms with Crippen molar-refractivity contribution in [2.45, 2.75) is 13.1 Å². The largest absolute Gasteiger partial charge is 0.350 e. The summed E-state index contributed by atoms with van der Waals surface area (Å²) in [6.07, 6.45) is 4.36. The van der Waals surface area contributed by atoms with Crippen LogP contribution < -0.4 is 16.4 Å². The van der Waals surface area contributed by atoms with Gasteiger partial charge in [0.15, 0.2) is 5.65 Å². The van der Waals surface area contributed by atoms with Crippen LogP contribution in [0.25, 0.3) is 11.0 Å². The number of benzene rings is 1. The monoisotopic (exact) mass is 449 g/mol. The summed E-state index contributed by atoms with van der Waals surface area (Å²) in [5.74, 6) is -0.494. The van der Waals surface area contributed by atoms with Gasteiger partial charge in [0.2, 0.25) is 0 Å². The van der Waals surface area contributed by atoms with Crippen molar-refractivity contribution in [1.29, 1.82) is 0 Å². The summed E-state index contributed by atoms with van der Waals surface area (Å²) in [7, 11) is 1.56. The molecule has 1 aromatic carbocycles. The number of aromatic nitrogens is 5. The van der Waals surface area contributed by atoms with E-state index in [1.54, 1.807) is 31.4 Å². The lowest BCUT2D eigenvalue weighted by atomic mass is 10.2. The number of hydrogen-bond acceptors (Lipinski definition) is 7. The maximum absolute atomic E-state index is 12.8. The number of carbonyl (C=O) groups excluding carboxylic acids is 1. The smallest absolute Gasteiger partial charge is 0.269 e. The zero-order valence-corrected chi connectivity index (χ0v) is 17.5. The van der Waals surface area contributed by atoms with E-state index in [1.165, 1.54) is 44.5 Å². The van der Waals surface area contributed by atoms with Gasteiger partial charge < -0.3 is 9.88 Å². The van der Waals surface area contributed by atoms with Crippen LogP contribution in [0.15, 0.2) is 64.7 Å². The van der Waals surface area contributed by atoms with Gasteiger partial charge in [0.1, 0.15) is 17.3 Å². The topological polar surface area (TPSA) is 147 Å². The van der Waals surface area contributed by atoms with Crippen molar-refractivity contribution in [3.63, 3.8) is 0 Å². The summed E-state index contributed by atoms with van der Waals surface area (Å²) >= 11 is 0. The molecule has 3 aromatic heterocycles. The number of amides is 1. The number of aryl methyl sites for hydroxylation is 1. The molecule has 12 heteroatoms. The van der Waals surface area contributed by atoms with E-state index in [-0.39, 0.29) is 36.4 Å². The predicted molar refractivity (Wildman–Crippen MR) is 118 cm³/mol. The lowest BCUT2D eigenvalue weighted by Gasteiger charge is -2.08. The molecule has 0 spiro atoms. The van der Waals surface area contributed by atoms with Crippen molar-refractivity contribution in [2.24, 2.45) is 7.05 Å². The minimum absolute atomic E-state index is 0.0272. The Bertz CT molecular complexity index is 1470. The highest BCUT2D eigenvalue weighted by Gasteiger charge is 2.13. The Morgan fingerprint density at radius 1 is 1.15 bits per heavy atom. The first kappa shape index (κ1) is 21.6. The van der Waals surface area contributed by atoms with Gasteiger partial charge in [-0.1, -0.05) is 12.1 Å². The van der Waals surface area contributed by atoms with Crippen molar-refractivity contribution in [3.05, 3.63) is 97.1 Å². The summed E-state index contributed by atoms with van der Waals surface area (Å²) < 4.78 is 4.21. The molecule has 3 heterocycles. The molecule has 4 aromatic rings. The van der Waals surface area contributed by atoms with E-state index in [1.807, 2.05) is 0 Å². The quantitative estimate of drug-likeness (QED) is 0.322. The third kappa shape index (κ3) is 4.39. The van der Waals surface area contributed by atoms with Gasteiger partial charge in [0.25, 0.3) is 22.7 Å². The number of nitrogens with zero attached hydrogens (tertiary/aromatic N) is 6. The Hall–Kier alpha value is -4.61. The Morgan fingerprint density at radius 3 is 2.64 bits per heavy atom. The SMILES string of the molecule is Cn1cccc(C(=O)NCCn2ncc3c(=O)n(Cc4ccc([N+](=O)[O-])cc4)cnc32)c1=O. The van der Waals surface area contributed by atoms with Crippen LogP contribution in [0, 0.1) is 10.1 Å². The maximum atomic E-state index is 12.8. The van der Waals surface area contributed by atoms with E-state index >= 15 is 0 Å². The Balaban J connectivity index is 1.46. The highest BCUT2D eigenvalue weighted by atomic mass is 16.6. The first-order valence-electron chi connectivity index (χ1n) is 9.93. The van der Waals surface area contributed by atoms with E-state index in [2.05, 4.69) is 15.4 Å². The number of non-ortho nitro benzene ring substituents is 1. The molecule has 1 N–H and O–H groups in total. The Labute approximate surface area is 185 Å². The van der Waals surface area contributed by atoms with Crippen LogP contribution in [-0.4, -0.2) is 41.3 Å². The lowest BCUT2D eigenvalue weighted by Crippen LogP contribution is -2.33. The molecule has 0 atom stereocenters. The lowest BCUT2D eigenvalue weighted by molar-refractivity contribution is -0.384. The van der Waals surface area contributed by atoms with Crippen molar-refractivity contribution < 1.29 is 9.72 Å². The van der Waals surface area contributed by atoms with Gasteiger partial charge in [-0.05, 0) is 17.7 Å². The second kappa shape index (κ2) is 8.86. The van der Waals surface area contributed by atoms with E-state index < -0.39 is 16.4 Å². The zero-order valence-electron chi connectivity index (χ0n) is 17.5. The number of nitro groups is 1. The second-order valence-electron chi connectivity index (χ2n) is 7.30. The highest BCUT2D eigenvalue weighted by Crippen LogP contribution is 2.13. The van der Waals surface area contributed by atoms with E-state index in [4.69, 9.17) is 0 Å². The summed E-state index contributed by atoms with van der Waals surface area (Å²) in [5.41, 5.74) is 0.394. The van der Waals surface area contributed by atoms with E-state index in [0.717, 1.165) is 0 Å². The molecule has 0 aliphatic rings. The molecule has 0 radical (unpaired) electrons. The van der Waals surface area contributed by atoms with Gasteiger partial charge in [0, 0.05) is 31.9 Å². The number of fused-ring (bicyclic) bond motifs is 1. The minimum atomic E-state index is -0.494. The normalized spacial score (nSPS) is 10.9. The van der Waals surface area contributed by atoms with Crippen LogP contribution in [0.3, 0.4) is 0 Å². The number of carbonyl (C=O) groups is 1. The highest BCUT2D eigenvalue weighted by molar-refractivity contribution is 5.93. The number of rotatable bonds is 7. The number of hydrogen-bond donors (Lipinski definition) is 1. The van der Waals surface area contributed by atoms with Crippen molar-refractivity contribution in [2.75, 3.05) is 6.54 Å².